The van der Waals surface area contributed by atoms with Crippen molar-refractivity contribution >= 4 is 9.84 Å². The molecular weight excluding hydrogens is 214 g/mol. The summed E-state index contributed by atoms with van der Waals surface area (Å²) in [5, 5.41) is 3.15. The molecule has 0 aliphatic rings. The zero-order valence-corrected chi connectivity index (χ0v) is 10.9. The SMILES string of the molecule is CC(CS(C)(=O)=O)NCCCOC(C)C. The van der Waals surface area contributed by atoms with Gasteiger partial charge in [0.15, 0.2) is 0 Å². The van der Waals surface area contributed by atoms with Gasteiger partial charge in [-0.15, -0.1) is 0 Å². The molecular formula is C10H23NO3S. The van der Waals surface area contributed by atoms with Crippen LogP contribution in [0.3, 0.4) is 0 Å². The molecule has 0 bridgehead atoms. The second kappa shape index (κ2) is 7.19. The standard InChI is InChI=1S/C10H23NO3S/c1-9(2)14-7-5-6-11-10(3)8-15(4,12)13/h9-11H,5-8H2,1-4H3. The largest absolute Gasteiger partial charge is 0.379 e. The summed E-state index contributed by atoms with van der Waals surface area (Å²) in [6.45, 7) is 7.39. The third-order valence-electron chi connectivity index (χ3n) is 1.82. The summed E-state index contributed by atoms with van der Waals surface area (Å²) >= 11 is 0. The van der Waals surface area contributed by atoms with Gasteiger partial charge in [0.05, 0.1) is 11.9 Å². The Morgan fingerprint density at radius 2 is 1.87 bits per heavy atom. The highest BCUT2D eigenvalue weighted by Gasteiger charge is 2.08. The molecule has 0 aliphatic carbocycles. The second-order valence-corrected chi connectivity index (χ2v) is 6.41. The first-order valence-electron chi connectivity index (χ1n) is 5.34. The minimum atomic E-state index is -2.87. The van der Waals surface area contributed by atoms with E-state index in [1.807, 2.05) is 20.8 Å². The molecule has 0 heterocycles. The molecule has 0 saturated carbocycles. The van der Waals surface area contributed by atoms with Gasteiger partial charge in [0, 0.05) is 18.9 Å². The van der Waals surface area contributed by atoms with E-state index in [0.29, 0.717) is 0 Å². The monoisotopic (exact) mass is 237 g/mol. The molecule has 1 atom stereocenters. The lowest BCUT2D eigenvalue weighted by molar-refractivity contribution is 0.0769. The molecule has 0 aromatic rings. The molecule has 5 heteroatoms. The minimum Gasteiger partial charge on any atom is -0.379 e. The number of sulfone groups is 1. The lowest BCUT2D eigenvalue weighted by Crippen LogP contribution is -2.33. The molecule has 4 nitrogen and oxygen atoms in total. The Hall–Kier alpha value is -0.130. The fourth-order valence-electron chi connectivity index (χ4n) is 1.25. The topological polar surface area (TPSA) is 55.4 Å². The smallest absolute Gasteiger partial charge is 0.148 e. The van der Waals surface area contributed by atoms with Crippen LogP contribution in [0, 0.1) is 0 Å². The van der Waals surface area contributed by atoms with Gasteiger partial charge in [0.25, 0.3) is 0 Å². The van der Waals surface area contributed by atoms with E-state index in [9.17, 15) is 8.42 Å². The maximum absolute atomic E-state index is 11.0. The molecule has 0 radical (unpaired) electrons. The summed E-state index contributed by atoms with van der Waals surface area (Å²) in [5.74, 6) is 0.192. The first kappa shape index (κ1) is 14.9. The Bertz CT molecular complexity index is 249. The highest BCUT2D eigenvalue weighted by atomic mass is 32.2. The first-order chi connectivity index (χ1) is 6.81. The summed E-state index contributed by atoms with van der Waals surface area (Å²) in [7, 11) is -2.87. The molecule has 0 amide bonds. The molecule has 0 saturated heterocycles. The predicted molar refractivity (Wildman–Crippen MR) is 62.9 cm³/mol. The summed E-state index contributed by atoms with van der Waals surface area (Å²) in [6, 6.07) is 0.0130. The van der Waals surface area contributed by atoms with Gasteiger partial charge in [-0.25, -0.2) is 8.42 Å². The summed E-state index contributed by atoms with van der Waals surface area (Å²) in [4.78, 5) is 0. The highest BCUT2D eigenvalue weighted by Crippen LogP contribution is 1.92. The highest BCUT2D eigenvalue weighted by molar-refractivity contribution is 7.90. The minimum absolute atomic E-state index is 0.0130. The maximum atomic E-state index is 11.0. The van der Waals surface area contributed by atoms with Crippen molar-refractivity contribution in [2.45, 2.75) is 39.3 Å². The lowest BCUT2D eigenvalue weighted by Gasteiger charge is -2.13. The molecule has 1 N–H and O–H groups in total. The number of rotatable bonds is 8. The zero-order chi connectivity index (χ0) is 11.9. The quantitative estimate of drug-likeness (QED) is 0.635. The molecule has 15 heavy (non-hydrogen) atoms. The molecule has 1 unspecified atom stereocenters. The van der Waals surface area contributed by atoms with Crippen LogP contribution in [0.1, 0.15) is 27.2 Å². The van der Waals surface area contributed by atoms with Gasteiger partial charge in [-0.2, -0.15) is 0 Å². The van der Waals surface area contributed by atoms with Crippen molar-refractivity contribution in [1.29, 1.82) is 0 Å². The number of nitrogens with one attached hydrogen (secondary N) is 1. The maximum Gasteiger partial charge on any atom is 0.148 e. The van der Waals surface area contributed by atoms with Crippen molar-refractivity contribution in [3.8, 4) is 0 Å². The van der Waals surface area contributed by atoms with E-state index in [1.54, 1.807) is 0 Å². The molecule has 0 aromatic carbocycles. The van der Waals surface area contributed by atoms with Crippen LogP contribution in [-0.4, -0.2) is 45.7 Å². The first-order valence-corrected chi connectivity index (χ1v) is 7.40. The van der Waals surface area contributed by atoms with Gasteiger partial charge in [-0.1, -0.05) is 0 Å². The average Bonchev–Trinajstić information content (AvgIpc) is 1.99. The molecule has 0 spiro atoms. The third kappa shape index (κ3) is 11.8. The molecule has 0 aliphatic heterocycles. The van der Waals surface area contributed by atoms with E-state index >= 15 is 0 Å². The fourth-order valence-corrected chi connectivity index (χ4v) is 2.28. The van der Waals surface area contributed by atoms with Crippen molar-refractivity contribution in [2.24, 2.45) is 0 Å². The summed E-state index contributed by atoms with van der Waals surface area (Å²) < 4.78 is 27.3. The Labute approximate surface area is 93.3 Å². The molecule has 92 valence electrons. The molecule has 0 rings (SSSR count). The average molecular weight is 237 g/mol. The molecule has 0 fully saturated rings. The third-order valence-corrected chi connectivity index (χ3v) is 2.92. The Balaban J connectivity index is 3.44. The zero-order valence-electron chi connectivity index (χ0n) is 10.1. The van der Waals surface area contributed by atoms with Gasteiger partial charge < -0.3 is 10.1 Å². The lowest BCUT2D eigenvalue weighted by atomic mass is 10.3. The fraction of sp³-hybridized carbons (Fsp3) is 1.00. The van der Waals surface area contributed by atoms with Crippen LogP contribution in [0.25, 0.3) is 0 Å². The van der Waals surface area contributed by atoms with Crippen LogP contribution in [0.15, 0.2) is 0 Å². The van der Waals surface area contributed by atoms with Crippen LogP contribution in [0.4, 0.5) is 0 Å². The Kier molecular flexibility index (Phi) is 7.13. The van der Waals surface area contributed by atoms with Gasteiger partial charge in [-0.05, 0) is 33.7 Å². The number of hydrogen-bond acceptors (Lipinski definition) is 4. The van der Waals surface area contributed by atoms with Gasteiger partial charge in [-0.3, -0.25) is 0 Å². The predicted octanol–water partition coefficient (Wildman–Crippen LogP) is 0.824. The number of ether oxygens (including phenoxy) is 1. The van der Waals surface area contributed by atoms with E-state index in [2.05, 4.69) is 5.32 Å². The van der Waals surface area contributed by atoms with E-state index in [-0.39, 0.29) is 17.9 Å². The van der Waals surface area contributed by atoms with Crippen LogP contribution in [0.2, 0.25) is 0 Å². The Morgan fingerprint density at radius 1 is 1.27 bits per heavy atom. The van der Waals surface area contributed by atoms with Gasteiger partial charge >= 0.3 is 0 Å². The molecule has 0 aromatic heterocycles. The van der Waals surface area contributed by atoms with Gasteiger partial charge in [0.1, 0.15) is 9.84 Å². The van der Waals surface area contributed by atoms with E-state index < -0.39 is 9.84 Å². The van der Waals surface area contributed by atoms with Crippen LogP contribution in [-0.2, 0) is 14.6 Å². The second-order valence-electron chi connectivity index (χ2n) is 4.22. The van der Waals surface area contributed by atoms with Crippen LogP contribution < -0.4 is 5.32 Å². The van der Waals surface area contributed by atoms with Crippen molar-refractivity contribution < 1.29 is 13.2 Å². The summed E-state index contributed by atoms with van der Waals surface area (Å²) in [5.41, 5.74) is 0. The van der Waals surface area contributed by atoms with E-state index in [1.165, 1.54) is 6.26 Å². The van der Waals surface area contributed by atoms with Gasteiger partial charge in [0.2, 0.25) is 0 Å². The van der Waals surface area contributed by atoms with Crippen molar-refractivity contribution in [3.63, 3.8) is 0 Å². The van der Waals surface area contributed by atoms with Crippen LogP contribution in [0.5, 0.6) is 0 Å². The van der Waals surface area contributed by atoms with Crippen molar-refractivity contribution in [2.75, 3.05) is 25.2 Å². The van der Waals surface area contributed by atoms with Crippen molar-refractivity contribution in [1.82, 2.24) is 5.32 Å². The summed E-state index contributed by atoms with van der Waals surface area (Å²) in [6.07, 6.45) is 2.43. The number of hydrogen-bond donors (Lipinski definition) is 1. The van der Waals surface area contributed by atoms with E-state index in [0.717, 1.165) is 19.6 Å². The van der Waals surface area contributed by atoms with Crippen LogP contribution >= 0.6 is 0 Å². The van der Waals surface area contributed by atoms with E-state index in [4.69, 9.17) is 4.74 Å². The van der Waals surface area contributed by atoms with Crippen molar-refractivity contribution in [3.05, 3.63) is 0 Å². The Morgan fingerprint density at radius 3 is 2.33 bits per heavy atom. The normalized spacial score (nSPS) is 14.5.